The quantitative estimate of drug-likeness (QED) is 0.840. The van der Waals surface area contributed by atoms with E-state index in [-0.39, 0.29) is 5.92 Å². The zero-order valence-electron chi connectivity index (χ0n) is 12.9. The zero-order valence-corrected chi connectivity index (χ0v) is 12.9. The fourth-order valence-corrected chi connectivity index (χ4v) is 4.18. The molecule has 118 valence electrons. The molecule has 0 spiro atoms. The molecule has 4 heterocycles. The topological polar surface area (TPSA) is 45.7 Å². The predicted octanol–water partition coefficient (Wildman–Crippen LogP) is 1.15. The molecule has 5 heteroatoms. The van der Waals surface area contributed by atoms with E-state index < -0.39 is 0 Å². The molecule has 2 atom stereocenters. The summed E-state index contributed by atoms with van der Waals surface area (Å²) >= 11 is 0. The Morgan fingerprint density at radius 3 is 2.64 bits per heavy atom. The minimum Gasteiger partial charge on any atom is -0.381 e. The lowest BCUT2D eigenvalue weighted by atomic mass is 10.0. The summed E-state index contributed by atoms with van der Waals surface area (Å²) in [5.74, 6) is 1.07. The first-order chi connectivity index (χ1) is 10.8. The van der Waals surface area contributed by atoms with E-state index in [0.717, 1.165) is 52.2 Å². The van der Waals surface area contributed by atoms with Gasteiger partial charge in [-0.2, -0.15) is 0 Å². The van der Waals surface area contributed by atoms with E-state index in [1.54, 1.807) is 12.4 Å². The number of fused-ring (bicyclic) bond motifs is 1. The molecular formula is C17H23N3O2. The largest absolute Gasteiger partial charge is 0.381 e. The summed E-state index contributed by atoms with van der Waals surface area (Å²) in [6.07, 6.45) is 5.83. The molecule has 3 saturated heterocycles. The van der Waals surface area contributed by atoms with Crippen molar-refractivity contribution in [2.24, 2.45) is 11.8 Å². The lowest BCUT2D eigenvalue weighted by molar-refractivity contribution is -0.131. The second kappa shape index (κ2) is 5.97. The molecule has 3 aliphatic rings. The first kappa shape index (κ1) is 14.2. The highest BCUT2D eigenvalue weighted by molar-refractivity contribution is 5.82. The van der Waals surface area contributed by atoms with Crippen molar-refractivity contribution in [1.82, 2.24) is 14.8 Å². The summed E-state index contributed by atoms with van der Waals surface area (Å²) < 4.78 is 5.45. The van der Waals surface area contributed by atoms with Crippen molar-refractivity contribution in [2.45, 2.75) is 25.4 Å². The number of hydrogen-bond acceptors (Lipinski definition) is 4. The van der Waals surface area contributed by atoms with Gasteiger partial charge >= 0.3 is 0 Å². The van der Waals surface area contributed by atoms with Crippen molar-refractivity contribution < 1.29 is 9.53 Å². The van der Waals surface area contributed by atoms with Crippen LogP contribution in [0, 0.1) is 11.8 Å². The number of rotatable bonds is 3. The van der Waals surface area contributed by atoms with E-state index in [1.807, 2.05) is 17.0 Å². The highest BCUT2D eigenvalue weighted by atomic mass is 16.5. The molecule has 0 radical (unpaired) electrons. The fraction of sp³-hybridized carbons (Fsp3) is 0.647. The Hall–Kier alpha value is -1.46. The minimum absolute atomic E-state index is 0.213. The van der Waals surface area contributed by atoms with Gasteiger partial charge in [-0.3, -0.25) is 14.7 Å². The van der Waals surface area contributed by atoms with Crippen LogP contribution >= 0.6 is 0 Å². The van der Waals surface area contributed by atoms with Gasteiger partial charge in [0.25, 0.3) is 0 Å². The molecule has 3 aliphatic heterocycles. The molecule has 1 aromatic rings. The molecule has 0 aliphatic carbocycles. The highest BCUT2D eigenvalue weighted by Gasteiger charge is 2.47. The summed E-state index contributed by atoms with van der Waals surface area (Å²) in [5.41, 5.74) is 1.17. The van der Waals surface area contributed by atoms with E-state index in [0.29, 0.717) is 17.9 Å². The van der Waals surface area contributed by atoms with E-state index in [9.17, 15) is 4.79 Å². The van der Waals surface area contributed by atoms with E-state index >= 15 is 0 Å². The Labute approximate surface area is 131 Å². The van der Waals surface area contributed by atoms with Crippen LogP contribution in [0.5, 0.6) is 0 Å². The predicted molar refractivity (Wildman–Crippen MR) is 82.0 cm³/mol. The number of nitrogens with zero attached hydrogens (tertiary/aromatic N) is 3. The van der Waals surface area contributed by atoms with Gasteiger partial charge in [-0.05, 0) is 30.5 Å². The number of ether oxygens (including phenoxy) is 1. The van der Waals surface area contributed by atoms with Crippen LogP contribution in [-0.4, -0.2) is 59.6 Å². The first-order valence-electron chi connectivity index (χ1n) is 8.31. The van der Waals surface area contributed by atoms with Crippen LogP contribution < -0.4 is 0 Å². The van der Waals surface area contributed by atoms with Gasteiger partial charge in [0.15, 0.2) is 0 Å². The Balaban J connectivity index is 1.38. The van der Waals surface area contributed by atoms with Crippen LogP contribution in [0.15, 0.2) is 24.5 Å². The monoisotopic (exact) mass is 301 g/mol. The molecule has 0 unspecified atom stereocenters. The molecule has 1 aromatic heterocycles. The number of hydrogen-bond donors (Lipinski definition) is 0. The summed E-state index contributed by atoms with van der Waals surface area (Å²) in [6, 6.07) is 4.62. The number of carbonyl (C=O) groups is 1. The molecule has 0 bridgehead atoms. The maximum Gasteiger partial charge on any atom is 0.227 e. The van der Waals surface area contributed by atoms with Crippen molar-refractivity contribution in [3.8, 4) is 0 Å². The Bertz CT molecular complexity index is 530. The average Bonchev–Trinajstić information content (AvgIpc) is 3.10. The van der Waals surface area contributed by atoms with Gasteiger partial charge in [0.2, 0.25) is 5.91 Å². The van der Waals surface area contributed by atoms with Crippen molar-refractivity contribution >= 4 is 5.91 Å². The fourth-order valence-electron chi connectivity index (χ4n) is 4.18. The second-order valence-corrected chi connectivity index (χ2v) is 6.74. The summed E-state index contributed by atoms with van der Waals surface area (Å²) in [7, 11) is 0. The molecule has 0 aromatic carbocycles. The number of likely N-dealkylation sites (tertiary alicyclic amines) is 2. The standard InChI is InChI=1S/C17H23N3O2/c21-17-16-12-19(15-3-7-22-8-4-15)10-14(16)11-20(17)9-13-1-5-18-6-2-13/h1-2,5-6,14-16H,3-4,7-12H2/t14-,16-/m0/s1. The number of aromatic nitrogens is 1. The maximum atomic E-state index is 12.7. The van der Waals surface area contributed by atoms with Gasteiger partial charge in [-0.15, -0.1) is 0 Å². The van der Waals surface area contributed by atoms with Crippen molar-refractivity contribution in [1.29, 1.82) is 0 Å². The van der Waals surface area contributed by atoms with Crippen molar-refractivity contribution in [2.75, 3.05) is 32.8 Å². The van der Waals surface area contributed by atoms with Gasteiger partial charge < -0.3 is 9.64 Å². The Morgan fingerprint density at radius 1 is 1.14 bits per heavy atom. The normalized spacial score (nSPS) is 30.0. The number of amides is 1. The van der Waals surface area contributed by atoms with Gasteiger partial charge in [-0.1, -0.05) is 0 Å². The molecule has 0 saturated carbocycles. The number of carbonyl (C=O) groups excluding carboxylic acids is 1. The van der Waals surface area contributed by atoms with Gasteiger partial charge in [0, 0.05) is 63.7 Å². The summed E-state index contributed by atoms with van der Waals surface area (Å²) in [4.78, 5) is 21.3. The summed E-state index contributed by atoms with van der Waals surface area (Å²) in [6.45, 7) is 5.41. The number of pyridine rings is 1. The van der Waals surface area contributed by atoms with E-state index in [4.69, 9.17) is 4.74 Å². The highest BCUT2D eigenvalue weighted by Crippen LogP contribution is 2.35. The Morgan fingerprint density at radius 2 is 1.91 bits per heavy atom. The van der Waals surface area contributed by atoms with Crippen molar-refractivity contribution in [3.63, 3.8) is 0 Å². The molecule has 4 rings (SSSR count). The zero-order chi connectivity index (χ0) is 14.9. The minimum atomic E-state index is 0.213. The third-order valence-corrected chi connectivity index (χ3v) is 5.38. The average molecular weight is 301 g/mol. The third kappa shape index (κ3) is 2.63. The van der Waals surface area contributed by atoms with Crippen LogP contribution in [0.4, 0.5) is 0 Å². The molecule has 0 N–H and O–H groups in total. The molecule has 22 heavy (non-hydrogen) atoms. The molecule has 5 nitrogen and oxygen atoms in total. The van der Waals surface area contributed by atoms with E-state index in [2.05, 4.69) is 9.88 Å². The first-order valence-corrected chi connectivity index (χ1v) is 8.31. The SMILES string of the molecule is O=C1[C@H]2CN(C3CCOCC3)C[C@H]2CN1Cc1ccncc1. The molecule has 1 amide bonds. The molecule has 3 fully saturated rings. The van der Waals surface area contributed by atoms with Crippen LogP contribution in [0.3, 0.4) is 0 Å². The van der Waals surface area contributed by atoms with Crippen LogP contribution in [0.2, 0.25) is 0 Å². The van der Waals surface area contributed by atoms with Gasteiger partial charge in [0.1, 0.15) is 0 Å². The Kier molecular flexibility index (Phi) is 3.84. The van der Waals surface area contributed by atoms with Gasteiger partial charge in [-0.25, -0.2) is 0 Å². The smallest absolute Gasteiger partial charge is 0.227 e. The van der Waals surface area contributed by atoms with Crippen LogP contribution in [0.1, 0.15) is 18.4 Å². The lowest BCUT2D eigenvalue weighted by Crippen LogP contribution is -2.40. The second-order valence-electron chi connectivity index (χ2n) is 6.74. The van der Waals surface area contributed by atoms with Crippen LogP contribution in [-0.2, 0) is 16.1 Å². The summed E-state index contributed by atoms with van der Waals surface area (Å²) in [5, 5.41) is 0. The van der Waals surface area contributed by atoms with E-state index in [1.165, 1.54) is 5.56 Å². The third-order valence-electron chi connectivity index (χ3n) is 5.38. The lowest BCUT2D eigenvalue weighted by Gasteiger charge is -2.32. The van der Waals surface area contributed by atoms with Gasteiger partial charge in [0.05, 0.1) is 5.92 Å². The van der Waals surface area contributed by atoms with Crippen molar-refractivity contribution in [3.05, 3.63) is 30.1 Å². The van der Waals surface area contributed by atoms with Crippen LogP contribution in [0.25, 0.3) is 0 Å². The maximum absolute atomic E-state index is 12.7. The molecular weight excluding hydrogens is 278 g/mol.